The third kappa shape index (κ3) is 4.29. The highest BCUT2D eigenvalue weighted by Crippen LogP contribution is 2.29. The van der Waals surface area contributed by atoms with E-state index in [2.05, 4.69) is 24.3 Å². The molecule has 0 bridgehead atoms. The van der Waals surface area contributed by atoms with E-state index in [4.69, 9.17) is 20.9 Å². The topological polar surface area (TPSA) is 64.4 Å². The third-order valence-corrected chi connectivity index (χ3v) is 3.98. The van der Waals surface area contributed by atoms with Gasteiger partial charge in [-0.05, 0) is 44.9 Å². The molecule has 0 saturated heterocycles. The summed E-state index contributed by atoms with van der Waals surface area (Å²) in [5.41, 5.74) is 2.17. The van der Waals surface area contributed by atoms with Crippen LogP contribution in [0.3, 0.4) is 0 Å². The van der Waals surface area contributed by atoms with Gasteiger partial charge in [0.1, 0.15) is 11.5 Å². The van der Waals surface area contributed by atoms with Crippen LogP contribution in [0.5, 0.6) is 5.75 Å². The number of benzene rings is 1. The number of carbonyl (C=O) groups is 1. The third-order valence-electron chi connectivity index (χ3n) is 3.69. The molecule has 1 aromatic heterocycles. The van der Waals surface area contributed by atoms with Gasteiger partial charge in [-0.15, -0.1) is 0 Å². The first kappa shape index (κ1) is 18.3. The van der Waals surface area contributed by atoms with Crippen LogP contribution in [0.1, 0.15) is 43.7 Å². The van der Waals surface area contributed by atoms with Gasteiger partial charge in [-0.3, -0.25) is 4.79 Å². The summed E-state index contributed by atoms with van der Waals surface area (Å²) >= 11 is 6.22. The van der Waals surface area contributed by atoms with E-state index in [-0.39, 0.29) is 11.8 Å². The number of hydrogen-bond donors (Lipinski definition) is 1. The molecule has 130 valence electrons. The van der Waals surface area contributed by atoms with Crippen LogP contribution in [0.2, 0.25) is 5.02 Å². The Morgan fingerprint density at radius 2 is 2.04 bits per heavy atom. The lowest BCUT2D eigenvalue weighted by atomic mass is 9.98. The van der Waals surface area contributed by atoms with Gasteiger partial charge in [0.15, 0.2) is 0 Å². The van der Waals surface area contributed by atoms with Crippen molar-refractivity contribution in [3.8, 4) is 5.75 Å². The lowest BCUT2D eigenvalue weighted by Crippen LogP contribution is -2.19. The van der Waals surface area contributed by atoms with E-state index >= 15 is 0 Å². The molecule has 0 aliphatic heterocycles. The molecule has 1 amide bonds. The highest BCUT2D eigenvalue weighted by atomic mass is 35.5. The van der Waals surface area contributed by atoms with E-state index in [1.165, 1.54) is 0 Å². The largest absolute Gasteiger partial charge is 0.492 e. The van der Waals surface area contributed by atoms with Crippen LogP contribution in [0.4, 0.5) is 5.69 Å². The maximum absolute atomic E-state index is 12.5. The molecule has 24 heavy (non-hydrogen) atoms. The molecule has 1 atom stereocenters. The maximum Gasteiger partial charge on any atom is 0.231 e. The highest BCUT2D eigenvalue weighted by molar-refractivity contribution is 6.32. The van der Waals surface area contributed by atoms with Crippen LogP contribution in [0.25, 0.3) is 0 Å². The summed E-state index contributed by atoms with van der Waals surface area (Å²) < 4.78 is 10.8. The summed E-state index contributed by atoms with van der Waals surface area (Å²) in [5.74, 6) is 1.17. The molecule has 0 aliphatic carbocycles. The second-order valence-corrected chi connectivity index (χ2v) is 6.71. The number of hydrogen-bond acceptors (Lipinski definition) is 4. The Morgan fingerprint density at radius 1 is 1.33 bits per heavy atom. The summed E-state index contributed by atoms with van der Waals surface area (Å²) in [6, 6.07) is 5.23. The summed E-state index contributed by atoms with van der Waals surface area (Å²) in [4.78, 5) is 12.5. The van der Waals surface area contributed by atoms with E-state index in [0.717, 1.165) is 11.3 Å². The molecule has 0 radical (unpaired) electrons. The van der Waals surface area contributed by atoms with E-state index in [1.54, 1.807) is 25.1 Å². The Labute approximate surface area is 147 Å². The molecule has 2 aromatic rings. The Bertz CT molecular complexity index is 706. The number of ether oxygens (including phenoxy) is 1. The zero-order chi connectivity index (χ0) is 17.9. The van der Waals surface area contributed by atoms with Gasteiger partial charge < -0.3 is 14.6 Å². The summed E-state index contributed by atoms with van der Waals surface area (Å²) in [6.45, 7) is 10.2. The maximum atomic E-state index is 12.5. The van der Waals surface area contributed by atoms with Gasteiger partial charge in [-0.2, -0.15) is 0 Å². The number of aromatic nitrogens is 1. The summed E-state index contributed by atoms with van der Waals surface area (Å²) in [6.07, 6.45) is 0. The molecule has 6 heteroatoms. The molecular weight excluding hydrogens is 328 g/mol. The predicted molar refractivity (Wildman–Crippen MR) is 94.8 cm³/mol. The van der Waals surface area contributed by atoms with Gasteiger partial charge in [0.05, 0.1) is 23.2 Å². The number of anilines is 1. The molecule has 1 N–H and O–H groups in total. The Hall–Kier alpha value is -2.01. The first-order valence-corrected chi connectivity index (χ1v) is 8.33. The number of rotatable bonds is 6. The second kappa shape index (κ2) is 7.71. The number of nitrogens with one attached hydrogen (secondary N) is 1. The van der Waals surface area contributed by atoms with Crippen molar-refractivity contribution in [1.29, 1.82) is 0 Å². The van der Waals surface area contributed by atoms with Crippen LogP contribution < -0.4 is 10.1 Å². The molecule has 0 fully saturated rings. The second-order valence-electron chi connectivity index (χ2n) is 6.30. The Morgan fingerprint density at radius 3 is 2.58 bits per heavy atom. The predicted octanol–water partition coefficient (Wildman–Crippen LogP) is 4.72. The van der Waals surface area contributed by atoms with Crippen molar-refractivity contribution >= 4 is 23.2 Å². The zero-order valence-electron chi connectivity index (χ0n) is 14.6. The van der Waals surface area contributed by atoms with Gasteiger partial charge in [0.25, 0.3) is 0 Å². The fourth-order valence-electron chi connectivity index (χ4n) is 2.44. The minimum atomic E-state index is -0.369. The van der Waals surface area contributed by atoms with Crippen molar-refractivity contribution in [3.63, 3.8) is 0 Å². The Balaban J connectivity index is 2.08. The fraction of sp³-hybridized carbons (Fsp3) is 0.444. The molecule has 0 saturated carbocycles. The van der Waals surface area contributed by atoms with Gasteiger partial charge in [0.2, 0.25) is 5.91 Å². The first-order valence-electron chi connectivity index (χ1n) is 7.95. The van der Waals surface area contributed by atoms with Crippen molar-refractivity contribution in [2.24, 2.45) is 5.92 Å². The SMILES string of the molecule is Cc1noc(C)c1C(C)C(=O)Nc1ccc(OCC(C)C)c(Cl)c1. The quantitative estimate of drug-likeness (QED) is 0.818. The number of aryl methyl sites for hydroxylation is 2. The average molecular weight is 351 g/mol. The van der Waals surface area contributed by atoms with E-state index in [1.807, 2.05) is 13.8 Å². The average Bonchev–Trinajstić information content (AvgIpc) is 2.84. The lowest BCUT2D eigenvalue weighted by Gasteiger charge is -2.14. The van der Waals surface area contributed by atoms with Crippen LogP contribution in [-0.2, 0) is 4.79 Å². The lowest BCUT2D eigenvalue weighted by molar-refractivity contribution is -0.117. The van der Waals surface area contributed by atoms with Gasteiger partial charge in [-0.1, -0.05) is 30.6 Å². The molecule has 1 aromatic carbocycles. The normalized spacial score (nSPS) is 12.3. The van der Waals surface area contributed by atoms with Crippen molar-refractivity contribution < 1.29 is 14.1 Å². The molecule has 1 heterocycles. The monoisotopic (exact) mass is 350 g/mol. The van der Waals surface area contributed by atoms with Crippen LogP contribution in [-0.4, -0.2) is 17.7 Å². The number of halogens is 1. The molecular formula is C18H23ClN2O3. The fourth-order valence-corrected chi connectivity index (χ4v) is 2.68. The highest BCUT2D eigenvalue weighted by Gasteiger charge is 2.23. The minimum Gasteiger partial charge on any atom is -0.492 e. The van der Waals surface area contributed by atoms with Crippen LogP contribution in [0.15, 0.2) is 22.7 Å². The first-order chi connectivity index (χ1) is 11.3. The number of amides is 1. The Kier molecular flexibility index (Phi) is 5.89. The van der Waals surface area contributed by atoms with Crippen molar-refractivity contribution in [1.82, 2.24) is 5.16 Å². The minimum absolute atomic E-state index is 0.142. The molecule has 0 spiro atoms. The number of carbonyl (C=O) groups excluding carboxylic acids is 1. The zero-order valence-corrected chi connectivity index (χ0v) is 15.4. The molecule has 5 nitrogen and oxygen atoms in total. The van der Waals surface area contributed by atoms with Crippen molar-refractivity contribution in [2.45, 2.75) is 40.5 Å². The molecule has 0 aliphatic rings. The summed E-state index contributed by atoms with van der Waals surface area (Å²) in [7, 11) is 0. The standard InChI is InChI=1S/C18H23ClN2O3/c1-10(2)9-23-16-7-6-14(8-15(16)19)20-18(22)11(3)17-12(4)21-24-13(17)5/h6-8,10-11H,9H2,1-5H3,(H,20,22). The van der Waals surface area contributed by atoms with Crippen molar-refractivity contribution in [2.75, 3.05) is 11.9 Å². The van der Waals surface area contributed by atoms with Gasteiger partial charge in [0, 0.05) is 11.3 Å². The van der Waals surface area contributed by atoms with Crippen molar-refractivity contribution in [3.05, 3.63) is 40.2 Å². The van der Waals surface area contributed by atoms with Crippen LogP contribution >= 0.6 is 11.6 Å². The molecule has 2 rings (SSSR count). The molecule has 1 unspecified atom stereocenters. The van der Waals surface area contributed by atoms with Gasteiger partial charge >= 0.3 is 0 Å². The number of nitrogens with zero attached hydrogens (tertiary/aromatic N) is 1. The van der Waals surface area contributed by atoms with E-state index in [0.29, 0.717) is 34.7 Å². The van der Waals surface area contributed by atoms with E-state index in [9.17, 15) is 4.79 Å². The van der Waals surface area contributed by atoms with Gasteiger partial charge in [-0.25, -0.2) is 0 Å². The van der Waals surface area contributed by atoms with Crippen LogP contribution in [0, 0.1) is 19.8 Å². The smallest absolute Gasteiger partial charge is 0.231 e. The van der Waals surface area contributed by atoms with E-state index < -0.39 is 0 Å². The summed E-state index contributed by atoms with van der Waals surface area (Å²) in [5, 5.41) is 7.23.